The summed E-state index contributed by atoms with van der Waals surface area (Å²) in [4.78, 5) is 23.6. The van der Waals surface area contributed by atoms with Crippen molar-refractivity contribution >= 4 is 17.7 Å². The summed E-state index contributed by atoms with van der Waals surface area (Å²) in [5.41, 5.74) is 5.31. The van der Waals surface area contributed by atoms with Crippen LogP contribution in [0.3, 0.4) is 0 Å². The number of carboxylic acids is 1. The number of guanidine groups is 1. The summed E-state index contributed by atoms with van der Waals surface area (Å²) in [5, 5.41) is 11.0. The van der Waals surface area contributed by atoms with Gasteiger partial charge >= 0.3 is 11.9 Å². The Bertz CT molecular complexity index is 248. The number of nitrogens with two attached hydrogens (primary N) is 1. The lowest BCUT2D eigenvalue weighted by molar-refractivity contribution is -0.449. The zero-order valence-corrected chi connectivity index (χ0v) is 6.33. The number of aliphatic carboxylic acids is 1. The van der Waals surface area contributed by atoms with Gasteiger partial charge < -0.3 is 5.11 Å². The van der Waals surface area contributed by atoms with E-state index in [2.05, 4.69) is 10.3 Å². The Morgan fingerprint density at radius 1 is 1.75 bits per heavy atom. The van der Waals surface area contributed by atoms with E-state index in [0.29, 0.717) is 12.5 Å². The largest absolute Gasteiger partial charge is 0.475 e. The molecule has 0 aromatic rings. The quantitative estimate of drug-likeness (QED) is 0.329. The highest BCUT2D eigenvalue weighted by molar-refractivity contribution is 6.32. The number of carbonyl (C=O) groups excluding carboxylic acids is 1. The number of Topliss-reactive ketones (excluding diaryl/α,β-unsaturated/α-hetero) is 1. The smallest absolute Gasteiger partial charge is 0.372 e. The van der Waals surface area contributed by atoms with Gasteiger partial charge in [0.25, 0.3) is 0 Å². The Labute approximate surface area is 68.5 Å². The molecule has 0 fully saturated rings. The van der Waals surface area contributed by atoms with E-state index in [1.165, 1.54) is 0 Å². The van der Waals surface area contributed by atoms with Gasteiger partial charge in [0.2, 0.25) is 5.78 Å². The van der Waals surface area contributed by atoms with Crippen LogP contribution in [0, 0.1) is 0 Å². The topological polar surface area (TPSA) is 106 Å². The molecule has 0 amide bonds. The van der Waals surface area contributed by atoms with E-state index in [-0.39, 0.29) is 12.5 Å². The molecule has 6 nitrogen and oxygen atoms in total. The number of rotatable bonds is 3. The molecule has 6 heteroatoms. The van der Waals surface area contributed by atoms with Crippen LogP contribution >= 0.6 is 0 Å². The fourth-order valence-corrected chi connectivity index (χ4v) is 0.989. The van der Waals surface area contributed by atoms with Crippen molar-refractivity contribution < 1.29 is 19.7 Å². The molecule has 0 aromatic heterocycles. The van der Waals surface area contributed by atoms with Crippen LogP contribution in [-0.2, 0) is 9.59 Å². The van der Waals surface area contributed by atoms with Crippen LogP contribution in [0.2, 0.25) is 0 Å². The summed E-state index contributed by atoms with van der Waals surface area (Å²) in [5.74, 6) is -1.82. The highest BCUT2D eigenvalue weighted by Gasteiger charge is 2.25. The van der Waals surface area contributed by atoms with Crippen LogP contribution in [0.1, 0.15) is 6.42 Å². The summed E-state index contributed by atoms with van der Waals surface area (Å²) < 4.78 is 0. The molecule has 1 rings (SSSR count). The molecule has 0 radical (unpaired) electrons. The van der Waals surface area contributed by atoms with Crippen molar-refractivity contribution in [1.29, 1.82) is 0 Å². The molecule has 0 saturated heterocycles. The van der Waals surface area contributed by atoms with Gasteiger partial charge in [-0.1, -0.05) is 0 Å². The van der Waals surface area contributed by atoms with Crippen LogP contribution < -0.4 is 16.0 Å². The maximum absolute atomic E-state index is 10.7. The lowest BCUT2D eigenvalue weighted by Gasteiger charge is -2.01. The zero-order valence-electron chi connectivity index (χ0n) is 6.33. The molecule has 5 N–H and O–H groups in total. The number of hydrogen-bond acceptors (Lipinski definition) is 4. The van der Waals surface area contributed by atoms with E-state index in [9.17, 15) is 9.59 Å². The van der Waals surface area contributed by atoms with Crippen molar-refractivity contribution in [2.45, 2.75) is 12.5 Å². The first-order chi connectivity index (χ1) is 5.59. The highest BCUT2D eigenvalue weighted by atomic mass is 16.4. The Balaban J connectivity index is 2.35. The number of carbonyl (C=O) groups is 2. The first kappa shape index (κ1) is 8.51. The molecule has 0 saturated carbocycles. The molecule has 1 heterocycles. The van der Waals surface area contributed by atoms with Gasteiger partial charge in [0.15, 0.2) is 0 Å². The SMILES string of the molecule is NC1=[NH+]C[C@@H](CC(=O)C(=O)O)N1. The van der Waals surface area contributed by atoms with Gasteiger partial charge in [-0.05, 0) is 0 Å². The third-order valence-corrected chi connectivity index (χ3v) is 1.57. The normalized spacial score (nSPS) is 21.3. The molecule has 1 aliphatic heterocycles. The zero-order chi connectivity index (χ0) is 9.14. The Kier molecular flexibility index (Phi) is 2.27. The van der Waals surface area contributed by atoms with Crippen LogP contribution in [-0.4, -0.2) is 35.4 Å². The van der Waals surface area contributed by atoms with Crippen molar-refractivity contribution in [1.82, 2.24) is 5.32 Å². The summed E-state index contributed by atoms with van der Waals surface area (Å²) in [7, 11) is 0. The maximum atomic E-state index is 10.7. The molecule has 0 unspecified atom stereocenters. The predicted octanol–water partition coefficient (Wildman–Crippen LogP) is -3.60. The lowest BCUT2D eigenvalue weighted by atomic mass is 10.1. The third-order valence-electron chi connectivity index (χ3n) is 1.57. The van der Waals surface area contributed by atoms with E-state index in [4.69, 9.17) is 10.8 Å². The van der Waals surface area contributed by atoms with Crippen molar-refractivity contribution in [2.75, 3.05) is 6.54 Å². The van der Waals surface area contributed by atoms with Crippen LogP contribution in [0.15, 0.2) is 0 Å². The van der Waals surface area contributed by atoms with Crippen LogP contribution in [0.4, 0.5) is 0 Å². The highest BCUT2D eigenvalue weighted by Crippen LogP contribution is 1.92. The summed E-state index contributed by atoms with van der Waals surface area (Å²) in [6.07, 6.45) is -0.0387. The fraction of sp³-hybridized carbons (Fsp3) is 0.500. The van der Waals surface area contributed by atoms with Crippen molar-refractivity contribution in [3.8, 4) is 0 Å². The molecule has 0 bridgehead atoms. The Hall–Kier alpha value is -1.59. The molecular formula is C6H10N3O3+. The molecule has 66 valence electrons. The molecule has 0 aliphatic carbocycles. The van der Waals surface area contributed by atoms with Crippen LogP contribution in [0.5, 0.6) is 0 Å². The lowest BCUT2D eigenvalue weighted by Crippen LogP contribution is -2.73. The number of hydrogen-bond donors (Lipinski definition) is 4. The number of ketones is 1. The van der Waals surface area contributed by atoms with E-state index in [1.54, 1.807) is 0 Å². The average molecular weight is 172 g/mol. The van der Waals surface area contributed by atoms with Crippen molar-refractivity contribution in [3.05, 3.63) is 0 Å². The summed E-state index contributed by atoms with van der Waals surface area (Å²) in [6.45, 7) is 0.491. The van der Waals surface area contributed by atoms with Gasteiger partial charge in [0.05, 0.1) is 13.0 Å². The second kappa shape index (κ2) is 3.21. The minimum absolute atomic E-state index is 0.0387. The van der Waals surface area contributed by atoms with Crippen LogP contribution in [0.25, 0.3) is 0 Å². The second-order valence-electron chi connectivity index (χ2n) is 2.57. The minimum Gasteiger partial charge on any atom is -0.475 e. The standard InChI is InChI=1S/C6H9N3O3/c7-6-8-2-3(9-6)1-4(10)5(11)12/h3H,1-2H2,(H,11,12)(H3,7,8,9)/p+1/t3-/m1/s1. The summed E-state index contributed by atoms with van der Waals surface area (Å²) in [6, 6.07) is -0.200. The van der Waals surface area contributed by atoms with Gasteiger partial charge in [-0.3, -0.25) is 20.8 Å². The predicted molar refractivity (Wildman–Crippen MR) is 39.2 cm³/mol. The summed E-state index contributed by atoms with van der Waals surface area (Å²) >= 11 is 0. The average Bonchev–Trinajstić information content (AvgIpc) is 2.35. The molecular weight excluding hydrogens is 162 g/mol. The van der Waals surface area contributed by atoms with Crippen molar-refractivity contribution in [2.24, 2.45) is 5.73 Å². The van der Waals surface area contributed by atoms with E-state index >= 15 is 0 Å². The van der Waals surface area contributed by atoms with E-state index in [0.717, 1.165) is 0 Å². The number of nitrogens with one attached hydrogen (secondary N) is 2. The third kappa shape index (κ3) is 1.94. The van der Waals surface area contributed by atoms with Gasteiger partial charge in [-0.25, -0.2) is 4.79 Å². The molecule has 1 atom stereocenters. The first-order valence-electron chi connectivity index (χ1n) is 3.48. The fourth-order valence-electron chi connectivity index (χ4n) is 0.989. The van der Waals surface area contributed by atoms with Gasteiger partial charge in [-0.15, -0.1) is 0 Å². The molecule has 12 heavy (non-hydrogen) atoms. The Morgan fingerprint density at radius 3 is 2.83 bits per heavy atom. The monoisotopic (exact) mass is 172 g/mol. The minimum atomic E-state index is -1.40. The van der Waals surface area contributed by atoms with Gasteiger partial charge in [0, 0.05) is 0 Å². The maximum Gasteiger partial charge on any atom is 0.372 e. The Morgan fingerprint density at radius 2 is 2.42 bits per heavy atom. The molecule has 0 aromatic carbocycles. The van der Waals surface area contributed by atoms with Gasteiger partial charge in [0.1, 0.15) is 6.04 Å². The number of carboxylic acid groups (broad SMARTS) is 1. The second-order valence-corrected chi connectivity index (χ2v) is 2.57. The van der Waals surface area contributed by atoms with Crippen molar-refractivity contribution in [3.63, 3.8) is 0 Å². The van der Waals surface area contributed by atoms with E-state index in [1.807, 2.05) is 0 Å². The first-order valence-corrected chi connectivity index (χ1v) is 3.48. The molecule has 1 aliphatic rings. The molecule has 0 spiro atoms. The van der Waals surface area contributed by atoms with Gasteiger partial charge in [-0.2, -0.15) is 0 Å². The van der Waals surface area contributed by atoms with E-state index < -0.39 is 11.8 Å².